The minimum atomic E-state index is -3.32. The molecule has 0 unspecified atom stereocenters. The highest BCUT2D eigenvalue weighted by Crippen LogP contribution is 2.30. The Morgan fingerprint density at radius 2 is 2.08 bits per heavy atom. The Labute approximate surface area is 150 Å². The van der Waals surface area contributed by atoms with Crippen LogP contribution in [-0.4, -0.2) is 69.0 Å². The van der Waals surface area contributed by atoms with Gasteiger partial charge in [0, 0.05) is 32.9 Å². The Balaban J connectivity index is 1.64. The van der Waals surface area contributed by atoms with Crippen molar-refractivity contribution in [2.24, 2.45) is 0 Å². The van der Waals surface area contributed by atoms with Gasteiger partial charge in [-0.1, -0.05) is 0 Å². The molecule has 2 saturated heterocycles. The number of rotatable bonds is 7. The smallest absolute Gasteiger partial charge is 0.216 e. The molecule has 8 heteroatoms. The maximum Gasteiger partial charge on any atom is 0.216 e. The first-order chi connectivity index (χ1) is 12.0. The predicted molar refractivity (Wildman–Crippen MR) is 96.5 cm³/mol. The van der Waals surface area contributed by atoms with Gasteiger partial charge in [0.1, 0.15) is 6.10 Å². The average molecular weight is 369 g/mol. The molecule has 2 atom stereocenters. The molecule has 1 aromatic rings. The molecule has 0 saturated carbocycles. The number of ether oxygens (including phenoxy) is 2. The Hall–Kier alpha value is -1.38. The number of anilines is 1. The fourth-order valence-corrected chi connectivity index (χ4v) is 5.05. The molecule has 0 bridgehead atoms. The van der Waals surface area contributed by atoms with Crippen molar-refractivity contribution in [3.05, 3.63) is 18.3 Å². The van der Waals surface area contributed by atoms with Crippen LogP contribution in [0.3, 0.4) is 0 Å². The van der Waals surface area contributed by atoms with E-state index in [1.807, 2.05) is 12.1 Å². The van der Waals surface area contributed by atoms with Gasteiger partial charge in [0.05, 0.1) is 18.4 Å². The second kappa shape index (κ2) is 7.88. The summed E-state index contributed by atoms with van der Waals surface area (Å²) in [5.41, 5.74) is 0. The average Bonchev–Trinajstić information content (AvgIpc) is 3.27. The van der Waals surface area contributed by atoms with Gasteiger partial charge in [0.25, 0.3) is 0 Å². The van der Waals surface area contributed by atoms with E-state index < -0.39 is 10.0 Å². The molecule has 0 spiro atoms. The molecule has 0 aliphatic carbocycles. The molecule has 0 aromatic carbocycles. The first-order valence-corrected chi connectivity index (χ1v) is 10.5. The zero-order valence-corrected chi connectivity index (χ0v) is 15.7. The number of nitrogens with zero attached hydrogens (tertiary/aromatic N) is 3. The topological polar surface area (TPSA) is 72.0 Å². The zero-order chi connectivity index (χ0) is 17.9. The number of aromatic nitrogens is 1. The molecule has 2 aliphatic heterocycles. The van der Waals surface area contributed by atoms with Crippen molar-refractivity contribution >= 4 is 15.8 Å². The van der Waals surface area contributed by atoms with E-state index in [0.29, 0.717) is 19.5 Å². The maximum atomic E-state index is 12.4. The molecule has 3 rings (SSSR count). The maximum absolute atomic E-state index is 12.4. The minimum Gasteiger partial charge on any atom is -0.485 e. The van der Waals surface area contributed by atoms with Crippen LogP contribution in [0.5, 0.6) is 5.75 Å². The molecule has 2 aliphatic rings. The Morgan fingerprint density at radius 1 is 1.32 bits per heavy atom. The summed E-state index contributed by atoms with van der Waals surface area (Å²) >= 11 is 0. The van der Waals surface area contributed by atoms with Gasteiger partial charge in [-0.2, -0.15) is 4.31 Å². The van der Waals surface area contributed by atoms with E-state index in [9.17, 15) is 8.42 Å². The van der Waals surface area contributed by atoms with Crippen LogP contribution in [0.4, 0.5) is 5.82 Å². The van der Waals surface area contributed by atoms with Gasteiger partial charge in [-0.3, -0.25) is 0 Å². The molecule has 7 nitrogen and oxygen atoms in total. The number of hydrogen-bond donors (Lipinski definition) is 0. The molecule has 1 aromatic heterocycles. The van der Waals surface area contributed by atoms with Crippen LogP contribution in [0.2, 0.25) is 0 Å². The standard InChI is InChI=1S/C17H27N3O4S/c1-14(23-2)13-25(21,22)20-11-7-15(12-20)24-16-6-5-8-18-17(16)19-9-3-4-10-19/h5-6,8,14-15H,3-4,7,9-13H2,1-2H3/t14-,15+/m0/s1. The van der Waals surface area contributed by atoms with Gasteiger partial charge >= 0.3 is 0 Å². The predicted octanol–water partition coefficient (Wildman–Crippen LogP) is 1.50. The van der Waals surface area contributed by atoms with Gasteiger partial charge in [0.15, 0.2) is 11.6 Å². The van der Waals surface area contributed by atoms with Crippen molar-refractivity contribution < 1.29 is 17.9 Å². The van der Waals surface area contributed by atoms with Gasteiger partial charge in [0.2, 0.25) is 10.0 Å². The second-order valence-electron chi connectivity index (χ2n) is 6.73. The fourth-order valence-electron chi connectivity index (χ4n) is 3.34. The largest absolute Gasteiger partial charge is 0.485 e. The molecule has 3 heterocycles. The molecule has 2 fully saturated rings. The summed E-state index contributed by atoms with van der Waals surface area (Å²) in [6, 6.07) is 3.78. The molecular weight excluding hydrogens is 342 g/mol. The van der Waals surface area contributed by atoms with E-state index in [-0.39, 0.29) is 18.0 Å². The van der Waals surface area contributed by atoms with Crippen LogP contribution < -0.4 is 9.64 Å². The van der Waals surface area contributed by atoms with Crippen molar-refractivity contribution in [3.8, 4) is 5.75 Å². The highest BCUT2D eigenvalue weighted by Gasteiger charge is 2.34. The third-order valence-corrected chi connectivity index (χ3v) is 6.81. The summed E-state index contributed by atoms with van der Waals surface area (Å²) in [5, 5.41) is 0. The highest BCUT2D eigenvalue weighted by molar-refractivity contribution is 7.89. The summed E-state index contributed by atoms with van der Waals surface area (Å²) in [6.45, 7) is 4.62. The van der Waals surface area contributed by atoms with Crippen molar-refractivity contribution in [2.45, 2.75) is 38.4 Å². The van der Waals surface area contributed by atoms with Crippen molar-refractivity contribution in [2.75, 3.05) is 43.9 Å². The van der Waals surface area contributed by atoms with E-state index in [1.54, 1.807) is 13.1 Å². The third-order valence-electron chi connectivity index (χ3n) is 4.80. The van der Waals surface area contributed by atoms with Crippen molar-refractivity contribution in [3.63, 3.8) is 0 Å². The molecule has 25 heavy (non-hydrogen) atoms. The molecule has 140 valence electrons. The first-order valence-electron chi connectivity index (χ1n) is 8.87. The van der Waals surface area contributed by atoms with Crippen LogP contribution in [-0.2, 0) is 14.8 Å². The van der Waals surface area contributed by atoms with Crippen LogP contribution in [0.1, 0.15) is 26.2 Å². The van der Waals surface area contributed by atoms with E-state index in [2.05, 4.69) is 9.88 Å². The van der Waals surface area contributed by atoms with Crippen LogP contribution in [0, 0.1) is 0 Å². The molecule has 0 amide bonds. The van der Waals surface area contributed by atoms with E-state index in [0.717, 1.165) is 24.7 Å². The first kappa shape index (κ1) is 18.4. The monoisotopic (exact) mass is 369 g/mol. The number of pyridine rings is 1. The molecular formula is C17H27N3O4S. The lowest BCUT2D eigenvalue weighted by molar-refractivity contribution is 0.135. The summed E-state index contributed by atoms with van der Waals surface area (Å²) in [7, 11) is -1.79. The Bertz CT molecular complexity index is 676. The summed E-state index contributed by atoms with van der Waals surface area (Å²) in [5.74, 6) is 1.62. The van der Waals surface area contributed by atoms with Crippen LogP contribution in [0.15, 0.2) is 18.3 Å². The number of hydrogen-bond acceptors (Lipinski definition) is 6. The van der Waals surface area contributed by atoms with Gasteiger partial charge < -0.3 is 14.4 Å². The highest BCUT2D eigenvalue weighted by atomic mass is 32.2. The van der Waals surface area contributed by atoms with Crippen LogP contribution >= 0.6 is 0 Å². The zero-order valence-electron chi connectivity index (χ0n) is 14.9. The third kappa shape index (κ3) is 4.43. The summed E-state index contributed by atoms with van der Waals surface area (Å²) < 4.78 is 37.6. The van der Waals surface area contributed by atoms with Crippen LogP contribution in [0.25, 0.3) is 0 Å². The minimum absolute atomic E-state index is 0.00212. The quantitative estimate of drug-likeness (QED) is 0.725. The van der Waals surface area contributed by atoms with E-state index in [1.165, 1.54) is 24.3 Å². The Kier molecular flexibility index (Phi) is 5.81. The Morgan fingerprint density at radius 3 is 2.80 bits per heavy atom. The van der Waals surface area contributed by atoms with E-state index in [4.69, 9.17) is 9.47 Å². The van der Waals surface area contributed by atoms with E-state index >= 15 is 0 Å². The van der Waals surface area contributed by atoms with Gasteiger partial charge in [-0.25, -0.2) is 13.4 Å². The summed E-state index contributed by atoms with van der Waals surface area (Å²) in [4.78, 5) is 6.71. The lowest BCUT2D eigenvalue weighted by Crippen LogP contribution is -2.36. The lowest BCUT2D eigenvalue weighted by atomic mass is 10.3. The second-order valence-corrected chi connectivity index (χ2v) is 8.74. The number of methoxy groups -OCH3 is 1. The van der Waals surface area contributed by atoms with Gasteiger partial charge in [-0.05, 0) is 38.3 Å². The lowest BCUT2D eigenvalue weighted by Gasteiger charge is -2.22. The molecule has 0 radical (unpaired) electrons. The van der Waals surface area contributed by atoms with Gasteiger partial charge in [-0.15, -0.1) is 0 Å². The number of sulfonamides is 1. The SMILES string of the molecule is CO[C@@H](C)CS(=O)(=O)N1CC[C@@H](Oc2cccnc2N2CCCC2)C1. The summed E-state index contributed by atoms with van der Waals surface area (Å²) in [6.07, 6.45) is 4.35. The normalized spacial score (nSPS) is 23.1. The van der Waals surface area contributed by atoms with Crippen molar-refractivity contribution in [1.82, 2.24) is 9.29 Å². The molecule has 0 N–H and O–H groups in total. The fraction of sp³-hybridized carbons (Fsp3) is 0.706. The van der Waals surface area contributed by atoms with Crippen molar-refractivity contribution in [1.29, 1.82) is 0 Å².